The van der Waals surface area contributed by atoms with E-state index < -0.39 is 0 Å². The molecule has 2 bridgehead atoms. The van der Waals surface area contributed by atoms with E-state index in [1.54, 1.807) is 25.1 Å². The topological polar surface area (TPSA) is 0 Å². The summed E-state index contributed by atoms with van der Waals surface area (Å²) in [6.07, 6.45) is 8.76. The summed E-state index contributed by atoms with van der Waals surface area (Å²) in [5.41, 5.74) is 5.02. The first-order chi connectivity index (χ1) is 8.41. The fraction of sp³-hybridized carbons (Fsp3) is 0.529. The maximum Gasteiger partial charge on any atom is -0.147 e. The van der Waals surface area contributed by atoms with Gasteiger partial charge in [0.1, 0.15) is 0 Å². The van der Waals surface area contributed by atoms with Crippen molar-refractivity contribution in [3.05, 3.63) is 43.3 Å². The van der Waals surface area contributed by atoms with Crippen molar-refractivity contribution in [2.45, 2.75) is 41.0 Å². The Morgan fingerprint density at radius 2 is 1.79 bits per heavy atom. The van der Waals surface area contributed by atoms with Gasteiger partial charge >= 0.3 is 119 Å². The molecule has 0 aromatic rings. The molecule has 3 aliphatic rings. The average Bonchev–Trinajstić information content (AvgIpc) is 2.97. The molecule has 0 fully saturated rings. The molecule has 2 unspecified atom stereocenters. The Balaban J connectivity index is 0.00000133. The van der Waals surface area contributed by atoms with Crippen LogP contribution in [0.1, 0.15) is 41.0 Å². The van der Waals surface area contributed by atoms with Gasteiger partial charge in [0, 0.05) is 0 Å². The molecule has 0 spiro atoms. The quantitative estimate of drug-likeness (QED) is 0.465. The van der Waals surface area contributed by atoms with Crippen LogP contribution in [0.25, 0.3) is 0 Å². The van der Waals surface area contributed by atoms with Gasteiger partial charge in [-0.15, -0.1) is 12.4 Å². The van der Waals surface area contributed by atoms with E-state index >= 15 is 0 Å². The molecule has 0 aromatic carbocycles. The zero-order valence-corrected chi connectivity index (χ0v) is 14.9. The van der Waals surface area contributed by atoms with Gasteiger partial charge in [-0.25, -0.2) is 0 Å². The molecule has 0 saturated carbocycles. The third kappa shape index (κ3) is 2.24. The monoisotopic (exact) mass is 364 g/mol. The smallest absolute Gasteiger partial charge is 0.147 e. The van der Waals surface area contributed by atoms with Gasteiger partial charge < -0.3 is 0 Å². The zero-order chi connectivity index (χ0) is 13.1. The summed E-state index contributed by atoms with van der Waals surface area (Å²) in [6.45, 7) is 11.8. The Labute approximate surface area is 131 Å². The number of hydrogen-bond acceptors (Lipinski definition) is 0. The second-order valence-electron chi connectivity index (χ2n) is 6.32. The summed E-state index contributed by atoms with van der Waals surface area (Å²) < 4.78 is 3.51. The van der Waals surface area contributed by atoms with E-state index in [9.17, 15) is 0 Å². The molecule has 0 saturated heterocycles. The van der Waals surface area contributed by atoms with Gasteiger partial charge in [-0.2, -0.15) is 0 Å². The Hall–Kier alpha value is -0.127. The van der Waals surface area contributed by atoms with Crippen LogP contribution in [-0.4, -0.2) is 0 Å². The molecular weight excluding hydrogens is 341 g/mol. The molecule has 0 amide bonds. The molecule has 0 aliphatic heterocycles. The normalized spacial score (nSPS) is 31.3. The van der Waals surface area contributed by atoms with E-state index in [4.69, 9.17) is 0 Å². The average molecular weight is 364 g/mol. The fourth-order valence-corrected chi connectivity index (χ4v) is 6.52. The van der Waals surface area contributed by atoms with Gasteiger partial charge in [-0.1, -0.05) is 0 Å². The Bertz CT molecular complexity index is 531. The minimum Gasteiger partial charge on any atom is -0.147 e. The van der Waals surface area contributed by atoms with Crippen molar-refractivity contribution in [1.82, 2.24) is 0 Å². The molecule has 2 heteroatoms. The molecule has 3 rings (SSSR count). The predicted molar refractivity (Wildman–Crippen MR) is 80.9 cm³/mol. The Morgan fingerprint density at radius 1 is 1.11 bits per heavy atom. The van der Waals surface area contributed by atoms with Crippen LogP contribution in [0.4, 0.5) is 0 Å². The maximum atomic E-state index is 2.56. The van der Waals surface area contributed by atoms with Gasteiger partial charge in [-0.05, 0) is 0 Å². The second-order valence-corrected chi connectivity index (χ2v) is 8.63. The summed E-state index contributed by atoms with van der Waals surface area (Å²) in [5.74, 6) is 1.55. The number of halogens is 1. The SMILES string of the molecule is CC1=C(C)C(C)(C)[C]([Ru][C]2=CC3C=CC2C3)=C1C.Cl. The van der Waals surface area contributed by atoms with Crippen molar-refractivity contribution in [3.63, 3.8) is 0 Å². The summed E-state index contributed by atoms with van der Waals surface area (Å²) >= 11 is 0.270. The summed E-state index contributed by atoms with van der Waals surface area (Å²) in [6, 6.07) is 0. The van der Waals surface area contributed by atoms with E-state index in [-0.39, 0.29) is 29.5 Å². The van der Waals surface area contributed by atoms with Gasteiger partial charge in [0.15, 0.2) is 0 Å². The molecule has 19 heavy (non-hydrogen) atoms. The van der Waals surface area contributed by atoms with Gasteiger partial charge in [-0.3, -0.25) is 0 Å². The first-order valence-corrected chi connectivity index (χ1v) is 8.57. The largest absolute Gasteiger partial charge is 0.147 e. The minimum absolute atomic E-state index is 0. The standard InChI is InChI=1S/C10H15.C7H7.ClH.Ru/c1-7-6-10(4,5)9(3)8(7)2;1-2-7-4-3-6(1)5-7;;/h1-5H3;1-3,6-7H,5H2;1H;. The van der Waals surface area contributed by atoms with Crippen LogP contribution < -0.4 is 0 Å². The van der Waals surface area contributed by atoms with Crippen molar-refractivity contribution < 1.29 is 17.1 Å². The summed E-state index contributed by atoms with van der Waals surface area (Å²) in [5, 5.41) is 0. The van der Waals surface area contributed by atoms with Crippen LogP contribution >= 0.6 is 12.4 Å². The van der Waals surface area contributed by atoms with Crippen LogP contribution in [0, 0.1) is 17.3 Å². The summed E-state index contributed by atoms with van der Waals surface area (Å²) in [4.78, 5) is 0. The third-order valence-electron chi connectivity index (χ3n) is 4.94. The van der Waals surface area contributed by atoms with E-state index in [0.717, 1.165) is 11.8 Å². The molecular formula is C17H23ClRu. The van der Waals surface area contributed by atoms with Crippen LogP contribution in [-0.2, 0) is 17.1 Å². The van der Waals surface area contributed by atoms with E-state index in [0.29, 0.717) is 5.41 Å². The van der Waals surface area contributed by atoms with Crippen molar-refractivity contribution >= 4 is 12.4 Å². The van der Waals surface area contributed by atoms with Crippen LogP contribution in [0.15, 0.2) is 43.3 Å². The predicted octanol–water partition coefficient (Wildman–Crippen LogP) is 5.23. The third-order valence-corrected chi connectivity index (χ3v) is 8.55. The molecule has 0 aromatic heterocycles. The van der Waals surface area contributed by atoms with Crippen molar-refractivity contribution in [2.75, 3.05) is 0 Å². The van der Waals surface area contributed by atoms with Gasteiger partial charge in [0.25, 0.3) is 0 Å². The Kier molecular flexibility index (Phi) is 4.02. The van der Waals surface area contributed by atoms with Crippen molar-refractivity contribution in [2.24, 2.45) is 17.3 Å². The van der Waals surface area contributed by atoms with Crippen LogP contribution in [0.5, 0.6) is 0 Å². The number of rotatable bonds is 2. The fourth-order valence-electron chi connectivity index (χ4n) is 3.29. The molecule has 2 atom stereocenters. The van der Waals surface area contributed by atoms with Gasteiger partial charge in [0.2, 0.25) is 0 Å². The number of allylic oxidation sites excluding steroid dienone is 8. The van der Waals surface area contributed by atoms with E-state index in [2.05, 4.69) is 52.8 Å². The van der Waals surface area contributed by atoms with Crippen LogP contribution in [0.2, 0.25) is 0 Å². The van der Waals surface area contributed by atoms with Gasteiger partial charge in [0.05, 0.1) is 0 Å². The number of hydrogen-bond donors (Lipinski definition) is 0. The summed E-state index contributed by atoms with van der Waals surface area (Å²) in [7, 11) is 0. The molecule has 0 radical (unpaired) electrons. The molecule has 0 N–H and O–H groups in total. The molecule has 0 heterocycles. The molecule has 106 valence electrons. The zero-order valence-electron chi connectivity index (χ0n) is 12.4. The van der Waals surface area contributed by atoms with Crippen molar-refractivity contribution in [3.8, 4) is 0 Å². The van der Waals surface area contributed by atoms with E-state index in [1.807, 2.05) is 0 Å². The second kappa shape index (κ2) is 5.01. The van der Waals surface area contributed by atoms with E-state index in [1.165, 1.54) is 6.42 Å². The molecule has 3 aliphatic carbocycles. The number of fused-ring (bicyclic) bond motifs is 2. The van der Waals surface area contributed by atoms with Crippen molar-refractivity contribution in [1.29, 1.82) is 0 Å². The minimum atomic E-state index is 0. The first kappa shape index (κ1) is 15.3. The maximum absolute atomic E-state index is 2.56. The Morgan fingerprint density at radius 3 is 2.21 bits per heavy atom. The van der Waals surface area contributed by atoms with Crippen LogP contribution in [0.3, 0.4) is 0 Å². The first-order valence-electron chi connectivity index (χ1n) is 6.83. The molecule has 0 nitrogen and oxygen atoms in total.